The van der Waals surface area contributed by atoms with Crippen molar-refractivity contribution in [1.82, 2.24) is 9.38 Å². The van der Waals surface area contributed by atoms with Crippen LogP contribution in [0.5, 0.6) is 5.75 Å². The lowest BCUT2D eigenvalue weighted by Crippen LogP contribution is -2.15. The summed E-state index contributed by atoms with van der Waals surface area (Å²) < 4.78 is 20.2. The summed E-state index contributed by atoms with van der Waals surface area (Å²) in [7, 11) is 1.57. The van der Waals surface area contributed by atoms with Gasteiger partial charge in [-0.25, -0.2) is 9.37 Å². The highest BCUT2D eigenvalue weighted by Gasteiger charge is 2.07. The Morgan fingerprint density at radius 2 is 2.08 bits per heavy atom. The lowest BCUT2D eigenvalue weighted by atomic mass is 10.2. The van der Waals surface area contributed by atoms with Crippen molar-refractivity contribution in [2.75, 3.05) is 7.11 Å². The standard InChI is InChI=1S/C18H17FN2O2S/c1-12-4-3-7-21-17(22)9-15(20-18(12)21)11-24-10-13-8-14(19)5-6-16(13)23-2/h3-9H,10-11H2,1-2H3. The summed E-state index contributed by atoms with van der Waals surface area (Å²) in [5.74, 6) is 1.52. The van der Waals surface area contributed by atoms with Crippen molar-refractivity contribution in [3.8, 4) is 5.75 Å². The Balaban J connectivity index is 1.78. The third-order valence-corrected chi connectivity index (χ3v) is 4.70. The Morgan fingerprint density at radius 1 is 1.25 bits per heavy atom. The predicted octanol–water partition coefficient (Wildman–Crippen LogP) is 3.58. The molecule has 0 saturated carbocycles. The number of aryl methyl sites for hydroxylation is 1. The van der Waals surface area contributed by atoms with Crippen LogP contribution in [0.15, 0.2) is 47.4 Å². The maximum atomic E-state index is 13.4. The monoisotopic (exact) mass is 344 g/mol. The van der Waals surface area contributed by atoms with Crippen LogP contribution in [0.3, 0.4) is 0 Å². The highest BCUT2D eigenvalue weighted by molar-refractivity contribution is 7.97. The molecule has 0 unspecified atom stereocenters. The molecule has 2 aromatic heterocycles. The minimum atomic E-state index is -0.288. The molecule has 0 radical (unpaired) electrons. The van der Waals surface area contributed by atoms with E-state index in [0.717, 1.165) is 16.8 Å². The Hall–Kier alpha value is -2.34. The number of aromatic nitrogens is 2. The van der Waals surface area contributed by atoms with E-state index >= 15 is 0 Å². The Labute approximate surface area is 143 Å². The number of nitrogens with zero attached hydrogens (tertiary/aromatic N) is 2. The molecule has 24 heavy (non-hydrogen) atoms. The third-order valence-electron chi connectivity index (χ3n) is 3.69. The van der Waals surface area contributed by atoms with Gasteiger partial charge in [-0.1, -0.05) is 6.07 Å². The lowest BCUT2D eigenvalue weighted by Gasteiger charge is -2.09. The van der Waals surface area contributed by atoms with E-state index in [1.807, 2.05) is 19.1 Å². The van der Waals surface area contributed by atoms with Crippen molar-refractivity contribution in [1.29, 1.82) is 0 Å². The minimum absolute atomic E-state index is 0.0948. The molecule has 4 nitrogen and oxygen atoms in total. The van der Waals surface area contributed by atoms with Crippen LogP contribution in [0.2, 0.25) is 0 Å². The van der Waals surface area contributed by atoms with Gasteiger partial charge in [-0.15, -0.1) is 0 Å². The molecular formula is C18H17FN2O2S. The molecule has 6 heteroatoms. The largest absolute Gasteiger partial charge is 0.496 e. The van der Waals surface area contributed by atoms with Gasteiger partial charge in [-0.2, -0.15) is 11.8 Å². The molecule has 0 atom stereocenters. The van der Waals surface area contributed by atoms with Crippen molar-refractivity contribution in [2.24, 2.45) is 0 Å². The van der Waals surface area contributed by atoms with Gasteiger partial charge in [-0.05, 0) is 36.8 Å². The highest BCUT2D eigenvalue weighted by Crippen LogP contribution is 2.25. The molecular weight excluding hydrogens is 327 g/mol. The molecule has 0 spiro atoms. The molecule has 124 valence electrons. The van der Waals surface area contributed by atoms with Crippen LogP contribution in [-0.2, 0) is 11.5 Å². The zero-order valence-electron chi connectivity index (χ0n) is 13.5. The van der Waals surface area contributed by atoms with Crippen LogP contribution in [-0.4, -0.2) is 16.5 Å². The molecule has 0 bridgehead atoms. The van der Waals surface area contributed by atoms with Crippen LogP contribution < -0.4 is 10.3 Å². The van der Waals surface area contributed by atoms with E-state index in [0.29, 0.717) is 22.9 Å². The van der Waals surface area contributed by atoms with Gasteiger partial charge < -0.3 is 4.74 Å². The SMILES string of the molecule is COc1ccc(F)cc1CSCc1cc(=O)n2cccc(C)c2n1. The third kappa shape index (κ3) is 3.43. The molecule has 0 aliphatic rings. The number of methoxy groups -OCH3 is 1. The fraction of sp³-hybridized carbons (Fsp3) is 0.222. The number of thioether (sulfide) groups is 1. The maximum Gasteiger partial charge on any atom is 0.258 e. The minimum Gasteiger partial charge on any atom is -0.496 e. The number of pyridine rings is 1. The van der Waals surface area contributed by atoms with Crippen molar-refractivity contribution < 1.29 is 9.13 Å². The van der Waals surface area contributed by atoms with Gasteiger partial charge in [0.25, 0.3) is 5.56 Å². The average Bonchev–Trinajstić information content (AvgIpc) is 2.56. The predicted molar refractivity (Wildman–Crippen MR) is 94.2 cm³/mol. The average molecular weight is 344 g/mol. The zero-order valence-corrected chi connectivity index (χ0v) is 14.3. The van der Waals surface area contributed by atoms with Crippen molar-refractivity contribution in [3.63, 3.8) is 0 Å². The summed E-state index contributed by atoms with van der Waals surface area (Å²) in [6, 6.07) is 9.77. The Bertz CT molecular complexity index is 940. The van der Waals surface area contributed by atoms with E-state index < -0.39 is 0 Å². The van der Waals surface area contributed by atoms with Gasteiger partial charge in [0.15, 0.2) is 0 Å². The first kappa shape index (κ1) is 16.5. The van der Waals surface area contributed by atoms with E-state index in [9.17, 15) is 9.18 Å². The first-order chi connectivity index (χ1) is 11.6. The molecule has 2 heterocycles. The summed E-state index contributed by atoms with van der Waals surface area (Å²) in [5.41, 5.74) is 3.03. The van der Waals surface area contributed by atoms with Crippen LogP contribution in [0.25, 0.3) is 5.65 Å². The lowest BCUT2D eigenvalue weighted by molar-refractivity contribution is 0.410. The molecule has 0 saturated heterocycles. The van der Waals surface area contributed by atoms with E-state index in [2.05, 4.69) is 4.98 Å². The quantitative estimate of drug-likeness (QED) is 0.709. The first-order valence-corrected chi connectivity index (χ1v) is 8.62. The maximum absolute atomic E-state index is 13.4. The Morgan fingerprint density at radius 3 is 2.88 bits per heavy atom. The van der Waals surface area contributed by atoms with Crippen LogP contribution in [0.1, 0.15) is 16.8 Å². The summed E-state index contributed by atoms with van der Waals surface area (Å²) in [6.07, 6.45) is 1.71. The molecule has 0 aliphatic carbocycles. The van der Waals surface area contributed by atoms with Gasteiger partial charge in [0.2, 0.25) is 0 Å². The van der Waals surface area contributed by atoms with Gasteiger partial charge in [0, 0.05) is 29.3 Å². The number of halogens is 1. The van der Waals surface area contributed by atoms with Crippen LogP contribution in [0, 0.1) is 12.7 Å². The molecule has 0 aliphatic heterocycles. The van der Waals surface area contributed by atoms with E-state index in [4.69, 9.17) is 4.74 Å². The number of ether oxygens (including phenoxy) is 1. The number of rotatable bonds is 5. The second-order valence-electron chi connectivity index (χ2n) is 5.42. The number of hydrogen-bond acceptors (Lipinski definition) is 4. The smallest absolute Gasteiger partial charge is 0.258 e. The van der Waals surface area contributed by atoms with E-state index in [1.165, 1.54) is 12.1 Å². The second kappa shape index (κ2) is 7.05. The summed E-state index contributed by atoms with van der Waals surface area (Å²) >= 11 is 1.56. The normalized spacial score (nSPS) is 11.0. The summed E-state index contributed by atoms with van der Waals surface area (Å²) in [5, 5.41) is 0. The zero-order chi connectivity index (χ0) is 17.1. The van der Waals surface area contributed by atoms with Gasteiger partial charge in [-0.3, -0.25) is 9.20 Å². The van der Waals surface area contributed by atoms with Gasteiger partial charge in [0.05, 0.1) is 12.8 Å². The fourth-order valence-corrected chi connectivity index (χ4v) is 3.41. The summed E-state index contributed by atoms with van der Waals surface area (Å²) in [6.45, 7) is 1.93. The molecule has 3 rings (SSSR count). The van der Waals surface area contributed by atoms with Gasteiger partial charge in [0.1, 0.15) is 17.2 Å². The van der Waals surface area contributed by atoms with E-state index in [-0.39, 0.29) is 11.4 Å². The number of fused-ring (bicyclic) bond motifs is 1. The summed E-state index contributed by atoms with van der Waals surface area (Å²) in [4.78, 5) is 16.7. The number of hydrogen-bond donors (Lipinski definition) is 0. The highest BCUT2D eigenvalue weighted by atomic mass is 32.2. The Kier molecular flexibility index (Phi) is 4.85. The molecule has 0 amide bonds. The first-order valence-electron chi connectivity index (χ1n) is 7.46. The number of benzene rings is 1. The van der Waals surface area contributed by atoms with Crippen LogP contribution in [0.4, 0.5) is 4.39 Å². The van der Waals surface area contributed by atoms with E-state index in [1.54, 1.807) is 41.6 Å². The molecule has 1 aromatic carbocycles. The molecule has 3 aromatic rings. The second-order valence-corrected chi connectivity index (χ2v) is 6.41. The molecule has 0 fully saturated rings. The topological polar surface area (TPSA) is 43.6 Å². The van der Waals surface area contributed by atoms with Crippen molar-refractivity contribution >= 4 is 17.4 Å². The van der Waals surface area contributed by atoms with Crippen molar-refractivity contribution in [3.05, 3.63) is 75.6 Å². The van der Waals surface area contributed by atoms with Gasteiger partial charge >= 0.3 is 0 Å². The van der Waals surface area contributed by atoms with Crippen LogP contribution >= 0.6 is 11.8 Å². The van der Waals surface area contributed by atoms with Crippen molar-refractivity contribution in [2.45, 2.75) is 18.4 Å². The fourth-order valence-electron chi connectivity index (χ4n) is 2.51. The molecule has 0 N–H and O–H groups in total.